The van der Waals surface area contributed by atoms with E-state index in [4.69, 9.17) is 0 Å². The largest absolute Gasteiger partial charge is 0.348 e. The normalized spacial score (nSPS) is 11.8. The summed E-state index contributed by atoms with van der Waals surface area (Å²) in [5.41, 5.74) is 3.70. The Bertz CT molecular complexity index is 652. The third-order valence-electron chi connectivity index (χ3n) is 3.75. The van der Waals surface area contributed by atoms with Crippen molar-refractivity contribution < 1.29 is 4.79 Å². The third-order valence-corrected chi connectivity index (χ3v) is 3.75. The smallest absolute Gasteiger partial charge is 0.272 e. The molecule has 1 aromatic heterocycles. The average Bonchev–Trinajstić information content (AvgIpc) is 2.52. The zero-order valence-electron chi connectivity index (χ0n) is 13.5. The van der Waals surface area contributed by atoms with Gasteiger partial charge in [-0.25, -0.2) is 0 Å². The lowest BCUT2D eigenvalue weighted by atomic mass is 10.1. The summed E-state index contributed by atoms with van der Waals surface area (Å²) in [6.45, 7) is 8.10. The van der Waals surface area contributed by atoms with Crippen molar-refractivity contribution in [1.82, 2.24) is 15.5 Å². The van der Waals surface area contributed by atoms with Crippen LogP contribution in [-0.4, -0.2) is 22.1 Å². The zero-order valence-corrected chi connectivity index (χ0v) is 13.5. The second-order valence-electron chi connectivity index (χ2n) is 5.46. The maximum absolute atomic E-state index is 11.9. The van der Waals surface area contributed by atoms with Crippen molar-refractivity contribution in [3.8, 4) is 0 Å². The van der Waals surface area contributed by atoms with Crippen molar-refractivity contribution >= 4 is 17.4 Å². The summed E-state index contributed by atoms with van der Waals surface area (Å²) in [5.74, 6) is 0.425. The maximum atomic E-state index is 11.9. The van der Waals surface area contributed by atoms with Crippen LogP contribution in [0.3, 0.4) is 0 Å². The molecule has 0 spiro atoms. The number of hydrogen-bond donors (Lipinski definition) is 2. The summed E-state index contributed by atoms with van der Waals surface area (Å²) >= 11 is 0. The molecule has 5 nitrogen and oxygen atoms in total. The first-order chi connectivity index (χ1) is 10.5. The Morgan fingerprint density at radius 1 is 1.18 bits per heavy atom. The number of carbonyl (C=O) groups is 1. The quantitative estimate of drug-likeness (QED) is 0.888. The molecular weight excluding hydrogens is 276 g/mol. The molecular formula is C17H22N4O. The van der Waals surface area contributed by atoms with E-state index in [0.29, 0.717) is 11.5 Å². The van der Waals surface area contributed by atoms with Gasteiger partial charge in [-0.3, -0.25) is 4.79 Å². The highest BCUT2D eigenvalue weighted by Gasteiger charge is 2.11. The molecule has 5 heteroatoms. The Kier molecular flexibility index (Phi) is 5.09. The van der Waals surface area contributed by atoms with Crippen molar-refractivity contribution in [2.24, 2.45) is 0 Å². The van der Waals surface area contributed by atoms with Crippen LogP contribution in [0.1, 0.15) is 41.9 Å². The van der Waals surface area contributed by atoms with Crippen molar-refractivity contribution in [3.63, 3.8) is 0 Å². The van der Waals surface area contributed by atoms with E-state index in [9.17, 15) is 4.79 Å². The number of aromatic nitrogens is 2. The third kappa shape index (κ3) is 3.81. The zero-order chi connectivity index (χ0) is 16.1. The number of rotatable bonds is 5. The molecule has 0 bridgehead atoms. The fraction of sp³-hybridized carbons (Fsp3) is 0.353. The van der Waals surface area contributed by atoms with E-state index in [1.165, 1.54) is 11.1 Å². The van der Waals surface area contributed by atoms with Crippen LogP contribution in [0, 0.1) is 13.8 Å². The lowest BCUT2D eigenvalue weighted by Gasteiger charge is -2.12. The highest BCUT2D eigenvalue weighted by atomic mass is 16.2. The summed E-state index contributed by atoms with van der Waals surface area (Å²) in [7, 11) is 0. The Labute approximate surface area is 131 Å². The van der Waals surface area contributed by atoms with Gasteiger partial charge in [0.1, 0.15) is 0 Å². The van der Waals surface area contributed by atoms with Gasteiger partial charge in [-0.2, -0.15) is 0 Å². The predicted octanol–water partition coefficient (Wildman–Crippen LogP) is 3.37. The first-order valence-electron chi connectivity index (χ1n) is 7.49. The summed E-state index contributed by atoms with van der Waals surface area (Å²) in [5, 5.41) is 14.2. The molecule has 2 N–H and O–H groups in total. The summed E-state index contributed by atoms with van der Waals surface area (Å²) in [6.07, 6.45) is 0.880. The number of benzene rings is 1. The van der Waals surface area contributed by atoms with Crippen LogP contribution in [-0.2, 0) is 0 Å². The Balaban J connectivity index is 2.09. The molecule has 1 unspecified atom stereocenters. The molecule has 2 aromatic rings. The molecule has 1 atom stereocenters. The molecule has 0 aliphatic rings. The number of carbonyl (C=O) groups excluding carboxylic acids is 1. The molecule has 1 aromatic carbocycles. The fourth-order valence-corrected chi connectivity index (χ4v) is 1.94. The predicted molar refractivity (Wildman–Crippen MR) is 88.4 cm³/mol. The topological polar surface area (TPSA) is 66.9 Å². The van der Waals surface area contributed by atoms with Crippen LogP contribution in [0.2, 0.25) is 0 Å². The standard InChI is InChI=1S/C17H22N4O/c1-5-12(3)18-17(22)15-9-10-16(21-20-15)19-14-8-6-7-11(2)13(14)4/h6-10,12H,5H2,1-4H3,(H,18,22)(H,19,21). The molecule has 0 saturated carbocycles. The van der Waals surface area contributed by atoms with Crippen LogP contribution in [0.5, 0.6) is 0 Å². The van der Waals surface area contributed by atoms with Crippen LogP contribution < -0.4 is 10.6 Å². The SMILES string of the molecule is CCC(C)NC(=O)c1ccc(Nc2cccc(C)c2C)nn1. The molecule has 0 aliphatic carbocycles. The monoisotopic (exact) mass is 298 g/mol. The van der Waals surface area contributed by atoms with Crippen molar-refractivity contribution in [2.45, 2.75) is 40.2 Å². The second kappa shape index (κ2) is 7.02. The molecule has 0 radical (unpaired) electrons. The Hall–Kier alpha value is -2.43. The summed E-state index contributed by atoms with van der Waals surface area (Å²) in [4.78, 5) is 11.9. The Morgan fingerprint density at radius 2 is 1.95 bits per heavy atom. The molecule has 2 rings (SSSR count). The molecule has 1 amide bonds. The van der Waals surface area contributed by atoms with Gasteiger partial charge < -0.3 is 10.6 Å². The van der Waals surface area contributed by atoms with Crippen LogP contribution in [0.15, 0.2) is 30.3 Å². The van der Waals surface area contributed by atoms with Gasteiger partial charge in [0.05, 0.1) is 0 Å². The minimum absolute atomic E-state index is 0.127. The maximum Gasteiger partial charge on any atom is 0.272 e. The molecule has 1 heterocycles. The minimum atomic E-state index is -0.194. The lowest BCUT2D eigenvalue weighted by Crippen LogP contribution is -2.32. The van der Waals surface area contributed by atoms with Crippen LogP contribution in [0.4, 0.5) is 11.5 Å². The van der Waals surface area contributed by atoms with E-state index in [2.05, 4.69) is 40.7 Å². The number of aryl methyl sites for hydroxylation is 1. The molecule has 0 saturated heterocycles. The fourth-order valence-electron chi connectivity index (χ4n) is 1.94. The number of hydrogen-bond acceptors (Lipinski definition) is 4. The lowest BCUT2D eigenvalue weighted by molar-refractivity contribution is 0.0933. The summed E-state index contributed by atoms with van der Waals surface area (Å²) in [6, 6.07) is 9.62. The van der Waals surface area contributed by atoms with E-state index in [0.717, 1.165) is 12.1 Å². The van der Waals surface area contributed by atoms with E-state index in [-0.39, 0.29) is 11.9 Å². The van der Waals surface area contributed by atoms with E-state index in [1.807, 2.05) is 26.0 Å². The van der Waals surface area contributed by atoms with E-state index >= 15 is 0 Å². The van der Waals surface area contributed by atoms with Gasteiger partial charge in [-0.15, -0.1) is 10.2 Å². The Morgan fingerprint density at radius 3 is 2.59 bits per heavy atom. The van der Waals surface area contributed by atoms with Gasteiger partial charge in [-0.05, 0) is 56.5 Å². The molecule has 116 valence electrons. The number of nitrogens with zero attached hydrogens (tertiary/aromatic N) is 2. The van der Waals surface area contributed by atoms with E-state index in [1.54, 1.807) is 12.1 Å². The average molecular weight is 298 g/mol. The highest BCUT2D eigenvalue weighted by molar-refractivity contribution is 5.92. The first kappa shape index (κ1) is 15.9. The minimum Gasteiger partial charge on any atom is -0.348 e. The van der Waals surface area contributed by atoms with Gasteiger partial charge in [0, 0.05) is 11.7 Å². The molecule has 0 aliphatic heterocycles. The second-order valence-corrected chi connectivity index (χ2v) is 5.46. The number of amides is 1. The van der Waals surface area contributed by atoms with Crippen molar-refractivity contribution in [3.05, 3.63) is 47.2 Å². The van der Waals surface area contributed by atoms with Crippen molar-refractivity contribution in [1.29, 1.82) is 0 Å². The highest BCUT2D eigenvalue weighted by Crippen LogP contribution is 2.21. The van der Waals surface area contributed by atoms with Crippen LogP contribution >= 0.6 is 0 Å². The van der Waals surface area contributed by atoms with Gasteiger partial charge in [0.2, 0.25) is 0 Å². The van der Waals surface area contributed by atoms with Gasteiger partial charge >= 0.3 is 0 Å². The first-order valence-corrected chi connectivity index (χ1v) is 7.49. The molecule has 22 heavy (non-hydrogen) atoms. The van der Waals surface area contributed by atoms with E-state index < -0.39 is 0 Å². The number of anilines is 2. The van der Waals surface area contributed by atoms with Gasteiger partial charge in [0.25, 0.3) is 5.91 Å². The molecule has 0 fully saturated rings. The number of nitrogens with one attached hydrogen (secondary N) is 2. The van der Waals surface area contributed by atoms with Gasteiger partial charge in [0.15, 0.2) is 11.5 Å². The van der Waals surface area contributed by atoms with Crippen molar-refractivity contribution in [2.75, 3.05) is 5.32 Å². The van der Waals surface area contributed by atoms with Crippen LogP contribution in [0.25, 0.3) is 0 Å². The van der Waals surface area contributed by atoms with Gasteiger partial charge in [-0.1, -0.05) is 19.1 Å². The summed E-state index contributed by atoms with van der Waals surface area (Å²) < 4.78 is 0.